The van der Waals surface area contributed by atoms with Crippen LogP contribution >= 0.6 is 11.3 Å². The van der Waals surface area contributed by atoms with Gasteiger partial charge in [0.1, 0.15) is 0 Å². The zero-order valence-corrected chi connectivity index (χ0v) is 12.1. The molecule has 1 aromatic rings. The number of hydrogen-bond acceptors (Lipinski definition) is 2. The van der Waals surface area contributed by atoms with Crippen LogP contribution in [0.3, 0.4) is 0 Å². The Hall–Kier alpha value is -0.340. The molecule has 0 aromatic carbocycles. The lowest BCUT2D eigenvalue weighted by Crippen LogP contribution is -2.30. The molecule has 1 N–H and O–H groups in total. The quantitative estimate of drug-likeness (QED) is 0.829. The van der Waals surface area contributed by atoms with Gasteiger partial charge in [0.2, 0.25) is 0 Å². The van der Waals surface area contributed by atoms with E-state index >= 15 is 0 Å². The van der Waals surface area contributed by atoms with Crippen molar-refractivity contribution in [2.24, 2.45) is 11.8 Å². The molecule has 1 fully saturated rings. The molecule has 1 heterocycles. The first-order chi connectivity index (χ1) is 8.22. The molecule has 1 unspecified atom stereocenters. The summed E-state index contributed by atoms with van der Waals surface area (Å²) in [5.74, 6) is 1.79. The molecule has 1 aromatic heterocycles. The van der Waals surface area contributed by atoms with Crippen molar-refractivity contribution >= 4 is 11.3 Å². The lowest BCUT2D eigenvalue weighted by atomic mass is 9.78. The third-order valence-electron chi connectivity index (χ3n) is 4.14. The Morgan fingerprint density at radius 2 is 2.06 bits per heavy atom. The van der Waals surface area contributed by atoms with E-state index in [-0.39, 0.29) is 0 Å². The number of rotatable bonds is 4. The van der Waals surface area contributed by atoms with Crippen molar-refractivity contribution in [3.8, 4) is 0 Å². The number of hydrogen-bond donors (Lipinski definition) is 1. The molecule has 0 saturated heterocycles. The second-order valence-corrected chi connectivity index (χ2v) is 6.47. The Morgan fingerprint density at radius 3 is 2.59 bits per heavy atom. The highest BCUT2D eigenvalue weighted by Crippen LogP contribution is 2.39. The van der Waals surface area contributed by atoms with Crippen molar-refractivity contribution in [2.75, 3.05) is 6.54 Å². The average molecular weight is 251 g/mol. The summed E-state index contributed by atoms with van der Waals surface area (Å²) in [5.41, 5.74) is 1.47. The fraction of sp³-hybridized carbons (Fsp3) is 0.733. The third kappa shape index (κ3) is 3.11. The molecule has 0 spiro atoms. The molecule has 1 nitrogen and oxygen atoms in total. The number of thiophene rings is 1. The van der Waals surface area contributed by atoms with E-state index in [0.29, 0.717) is 6.04 Å². The maximum Gasteiger partial charge on any atom is 0.0446 e. The van der Waals surface area contributed by atoms with Gasteiger partial charge in [-0.2, -0.15) is 0 Å². The summed E-state index contributed by atoms with van der Waals surface area (Å²) >= 11 is 1.93. The Kier molecular flexibility index (Phi) is 4.63. The van der Waals surface area contributed by atoms with Gasteiger partial charge < -0.3 is 5.32 Å². The first-order valence-corrected chi connectivity index (χ1v) is 7.87. The van der Waals surface area contributed by atoms with E-state index in [1.165, 1.54) is 31.2 Å². The molecule has 0 bridgehead atoms. The van der Waals surface area contributed by atoms with Gasteiger partial charge in [-0.1, -0.05) is 26.7 Å². The Labute approximate surface area is 110 Å². The maximum atomic E-state index is 3.72. The largest absolute Gasteiger partial charge is 0.309 e. The van der Waals surface area contributed by atoms with E-state index in [9.17, 15) is 0 Å². The molecule has 1 atom stereocenters. The first-order valence-electron chi connectivity index (χ1n) is 6.99. The minimum atomic E-state index is 0.604. The van der Waals surface area contributed by atoms with Gasteiger partial charge in [-0.25, -0.2) is 0 Å². The highest BCUT2D eigenvalue weighted by molar-refractivity contribution is 7.10. The topological polar surface area (TPSA) is 12.0 Å². The van der Waals surface area contributed by atoms with Gasteiger partial charge in [-0.05, 0) is 55.2 Å². The highest BCUT2D eigenvalue weighted by Gasteiger charge is 2.28. The molecule has 2 heteroatoms. The standard InChI is InChI=1S/C15H25NS/c1-4-16-14(15-12(3)9-10-17-15)13-7-5-11(2)6-8-13/h9-11,13-14,16H,4-8H2,1-3H3. The highest BCUT2D eigenvalue weighted by atomic mass is 32.1. The maximum absolute atomic E-state index is 3.72. The fourth-order valence-electron chi connectivity index (χ4n) is 3.02. The van der Waals surface area contributed by atoms with E-state index in [1.54, 1.807) is 4.88 Å². The summed E-state index contributed by atoms with van der Waals surface area (Å²) in [7, 11) is 0. The van der Waals surface area contributed by atoms with Crippen molar-refractivity contribution in [2.45, 2.75) is 52.5 Å². The molecule has 1 aliphatic carbocycles. The van der Waals surface area contributed by atoms with Crippen LogP contribution in [-0.2, 0) is 0 Å². The van der Waals surface area contributed by atoms with Crippen molar-refractivity contribution in [3.63, 3.8) is 0 Å². The summed E-state index contributed by atoms with van der Waals surface area (Å²) in [6.07, 6.45) is 5.63. The van der Waals surface area contributed by atoms with Crippen LogP contribution < -0.4 is 5.32 Å². The Bertz CT molecular complexity index is 336. The van der Waals surface area contributed by atoms with E-state index in [4.69, 9.17) is 0 Å². The van der Waals surface area contributed by atoms with Crippen LogP contribution in [0.4, 0.5) is 0 Å². The molecule has 1 saturated carbocycles. The predicted octanol–water partition coefficient (Wildman–Crippen LogP) is 4.53. The van der Waals surface area contributed by atoms with Crippen LogP contribution in [0.2, 0.25) is 0 Å². The predicted molar refractivity (Wildman–Crippen MR) is 76.6 cm³/mol. The molecule has 2 rings (SSSR count). The van der Waals surface area contributed by atoms with Gasteiger partial charge in [0.05, 0.1) is 0 Å². The van der Waals surface area contributed by atoms with Gasteiger partial charge in [0, 0.05) is 10.9 Å². The molecule has 0 aliphatic heterocycles. The second kappa shape index (κ2) is 6.01. The van der Waals surface area contributed by atoms with Crippen LogP contribution in [0, 0.1) is 18.8 Å². The molecule has 0 radical (unpaired) electrons. The zero-order chi connectivity index (χ0) is 12.3. The summed E-state index contributed by atoms with van der Waals surface area (Å²) in [4.78, 5) is 1.58. The normalized spacial score (nSPS) is 27.0. The van der Waals surface area contributed by atoms with Crippen LogP contribution in [0.15, 0.2) is 11.4 Å². The Balaban J connectivity index is 2.09. The third-order valence-corrected chi connectivity index (χ3v) is 5.24. The molecule has 0 amide bonds. The summed E-state index contributed by atoms with van der Waals surface area (Å²) in [6.45, 7) is 7.95. The first kappa shape index (κ1) is 13.1. The SMILES string of the molecule is CCNC(c1sccc1C)C1CCC(C)CC1. The molecular formula is C15H25NS. The van der Waals surface area contributed by atoms with Gasteiger partial charge in [0.15, 0.2) is 0 Å². The van der Waals surface area contributed by atoms with E-state index in [1.807, 2.05) is 11.3 Å². The average Bonchev–Trinajstić information content (AvgIpc) is 2.74. The number of nitrogens with one attached hydrogen (secondary N) is 1. The second-order valence-electron chi connectivity index (χ2n) is 5.52. The lowest BCUT2D eigenvalue weighted by molar-refractivity contribution is 0.235. The lowest BCUT2D eigenvalue weighted by Gasteiger charge is -2.33. The fourth-order valence-corrected chi connectivity index (χ4v) is 4.11. The molecule has 96 valence electrons. The summed E-state index contributed by atoms with van der Waals surface area (Å²) in [5, 5.41) is 5.96. The van der Waals surface area contributed by atoms with Gasteiger partial charge in [-0.15, -0.1) is 11.3 Å². The molecule has 1 aliphatic rings. The number of aryl methyl sites for hydroxylation is 1. The van der Waals surface area contributed by atoms with Gasteiger partial charge in [-0.3, -0.25) is 0 Å². The van der Waals surface area contributed by atoms with Crippen LogP contribution in [0.25, 0.3) is 0 Å². The van der Waals surface area contributed by atoms with E-state index in [2.05, 4.69) is 37.5 Å². The monoisotopic (exact) mass is 251 g/mol. The van der Waals surface area contributed by atoms with Crippen molar-refractivity contribution in [1.82, 2.24) is 5.32 Å². The van der Waals surface area contributed by atoms with E-state index in [0.717, 1.165) is 18.4 Å². The minimum absolute atomic E-state index is 0.604. The van der Waals surface area contributed by atoms with Crippen molar-refractivity contribution in [1.29, 1.82) is 0 Å². The minimum Gasteiger partial charge on any atom is -0.309 e. The molecule has 17 heavy (non-hydrogen) atoms. The Morgan fingerprint density at radius 1 is 1.35 bits per heavy atom. The van der Waals surface area contributed by atoms with Gasteiger partial charge >= 0.3 is 0 Å². The zero-order valence-electron chi connectivity index (χ0n) is 11.3. The molecular weight excluding hydrogens is 226 g/mol. The summed E-state index contributed by atoms with van der Waals surface area (Å²) < 4.78 is 0. The van der Waals surface area contributed by atoms with Gasteiger partial charge in [0.25, 0.3) is 0 Å². The van der Waals surface area contributed by atoms with E-state index < -0.39 is 0 Å². The van der Waals surface area contributed by atoms with Crippen molar-refractivity contribution in [3.05, 3.63) is 21.9 Å². The van der Waals surface area contributed by atoms with Crippen LogP contribution in [0.5, 0.6) is 0 Å². The summed E-state index contributed by atoms with van der Waals surface area (Å²) in [6, 6.07) is 2.86. The smallest absolute Gasteiger partial charge is 0.0446 e. The van der Waals surface area contributed by atoms with Crippen molar-refractivity contribution < 1.29 is 0 Å². The van der Waals surface area contributed by atoms with Crippen LogP contribution in [-0.4, -0.2) is 6.54 Å². The van der Waals surface area contributed by atoms with Crippen LogP contribution in [0.1, 0.15) is 56.0 Å².